The molecule has 1 amide bonds. The molecule has 1 aromatic rings. The number of rotatable bonds is 3. The second-order valence-electron chi connectivity index (χ2n) is 4.32. The highest BCUT2D eigenvalue weighted by Crippen LogP contribution is 2.15. The summed E-state index contributed by atoms with van der Waals surface area (Å²) < 4.78 is 0. The number of carbonyl (C=O) groups excluding carboxylic acids is 1. The van der Waals surface area contributed by atoms with Crippen LogP contribution in [0.4, 0.5) is 0 Å². The van der Waals surface area contributed by atoms with Crippen LogP contribution in [0.2, 0.25) is 0 Å². The molecule has 0 spiro atoms. The van der Waals surface area contributed by atoms with Gasteiger partial charge in [-0.2, -0.15) is 11.8 Å². The summed E-state index contributed by atoms with van der Waals surface area (Å²) in [6.45, 7) is 1.12. The molecule has 2 rings (SSSR count). The second kappa shape index (κ2) is 5.56. The molecule has 1 saturated heterocycles. The third-order valence-corrected chi connectivity index (χ3v) is 3.58. The van der Waals surface area contributed by atoms with Crippen LogP contribution in [0.5, 0.6) is 0 Å². The number of benzene rings is 1. The molecule has 1 N–H and O–H groups in total. The van der Waals surface area contributed by atoms with Gasteiger partial charge in [-0.1, -0.05) is 12.1 Å². The molecular formula is C13H17NO2S. The van der Waals surface area contributed by atoms with Gasteiger partial charge in [-0.15, -0.1) is 0 Å². The summed E-state index contributed by atoms with van der Waals surface area (Å²) >= 11 is 1.77. The molecule has 0 radical (unpaired) electrons. The van der Waals surface area contributed by atoms with Gasteiger partial charge < -0.3 is 10.0 Å². The van der Waals surface area contributed by atoms with Crippen molar-refractivity contribution in [3.05, 3.63) is 35.4 Å². The van der Waals surface area contributed by atoms with Crippen molar-refractivity contribution in [3.63, 3.8) is 0 Å². The van der Waals surface area contributed by atoms with Crippen LogP contribution >= 0.6 is 11.8 Å². The fraction of sp³-hybridized carbons (Fsp3) is 0.462. The highest BCUT2D eigenvalue weighted by Gasteiger charge is 2.25. The predicted molar refractivity (Wildman–Crippen MR) is 70.2 cm³/mol. The number of aliphatic hydroxyl groups excluding tert-OH is 1. The van der Waals surface area contributed by atoms with Crippen LogP contribution in [0, 0.1) is 0 Å². The summed E-state index contributed by atoms with van der Waals surface area (Å²) in [5, 5.41) is 9.41. The molecular weight excluding hydrogens is 234 g/mol. The number of amides is 1. The van der Waals surface area contributed by atoms with Gasteiger partial charge in [-0.25, -0.2) is 0 Å². The van der Waals surface area contributed by atoms with Crippen LogP contribution in [-0.2, 0) is 5.75 Å². The molecule has 0 saturated carbocycles. The minimum Gasteiger partial charge on any atom is -0.391 e. The fourth-order valence-corrected chi connectivity index (χ4v) is 2.54. The van der Waals surface area contributed by atoms with Crippen molar-refractivity contribution in [1.82, 2.24) is 4.90 Å². The maximum absolute atomic E-state index is 12.1. The Morgan fingerprint density at radius 3 is 2.71 bits per heavy atom. The SMILES string of the molecule is CSCc1ccc(C(=O)N2CCC(O)C2)cc1. The Morgan fingerprint density at radius 1 is 1.47 bits per heavy atom. The smallest absolute Gasteiger partial charge is 0.253 e. The van der Waals surface area contributed by atoms with E-state index in [0.29, 0.717) is 25.1 Å². The van der Waals surface area contributed by atoms with E-state index in [0.717, 1.165) is 5.75 Å². The van der Waals surface area contributed by atoms with E-state index in [2.05, 4.69) is 6.26 Å². The Balaban J connectivity index is 2.04. The van der Waals surface area contributed by atoms with Gasteiger partial charge in [0.05, 0.1) is 6.10 Å². The molecule has 1 fully saturated rings. The lowest BCUT2D eigenvalue weighted by Crippen LogP contribution is -2.29. The number of aliphatic hydroxyl groups is 1. The van der Waals surface area contributed by atoms with E-state index in [4.69, 9.17) is 0 Å². The molecule has 17 heavy (non-hydrogen) atoms. The minimum atomic E-state index is -0.352. The standard InChI is InChI=1S/C13H17NO2S/c1-17-9-10-2-4-11(5-3-10)13(16)14-7-6-12(15)8-14/h2-5,12,15H,6-9H2,1H3. The van der Waals surface area contributed by atoms with Crippen molar-refractivity contribution in [2.75, 3.05) is 19.3 Å². The van der Waals surface area contributed by atoms with Crippen LogP contribution in [0.15, 0.2) is 24.3 Å². The largest absolute Gasteiger partial charge is 0.391 e. The Morgan fingerprint density at radius 2 is 2.18 bits per heavy atom. The molecule has 1 unspecified atom stereocenters. The first-order valence-corrected chi connectivity index (χ1v) is 7.15. The molecule has 1 aliphatic rings. The molecule has 3 nitrogen and oxygen atoms in total. The van der Waals surface area contributed by atoms with E-state index in [1.807, 2.05) is 24.3 Å². The van der Waals surface area contributed by atoms with Gasteiger partial charge in [0.25, 0.3) is 5.91 Å². The summed E-state index contributed by atoms with van der Waals surface area (Å²) in [5.41, 5.74) is 1.94. The van der Waals surface area contributed by atoms with Crippen molar-refractivity contribution in [1.29, 1.82) is 0 Å². The van der Waals surface area contributed by atoms with Gasteiger partial charge in [0.15, 0.2) is 0 Å². The van der Waals surface area contributed by atoms with Crippen LogP contribution in [0.25, 0.3) is 0 Å². The van der Waals surface area contributed by atoms with Crippen LogP contribution in [0.3, 0.4) is 0 Å². The number of hydrogen-bond donors (Lipinski definition) is 1. The Bertz CT molecular complexity index is 391. The third kappa shape index (κ3) is 3.01. The number of thioether (sulfide) groups is 1. The molecule has 1 atom stereocenters. The van der Waals surface area contributed by atoms with E-state index >= 15 is 0 Å². The number of nitrogens with zero attached hydrogens (tertiary/aromatic N) is 1. The number of hydrogen-bond acceptors (Lipinski definition) is 3. The molecule has 0 bridgehead atoms. The lowest BCUT2D eigenvalue weighted by atomic mass is 10.1. The maximum Gasteiger partial charge on any atom is 0.253 e. The molecule has 1 heterocycles. The molecule has 4 heteroatoms. The van der Waals surface area contributed by atoms with E-state index in [1.165, 1.54) is 5.56 Å². The molecule has 1 aromatic carbocycles. The van der Waals surface area contributed by atoms with Gasteiger partial charge in [-0.3, -0.25) is 4.79 Å². The summed E-state index contributed by atoms with van der Waals surface area (Å²) in [4.78, 5) is 13.8. The lowest BCUT2D eigenvalue weighted by Gasteiger charge is -2.15. The van der Waals surface area contributed by atoms with Gasteiger partial charge in [0.2, 0.25) is 0 Å². The summed E-state index contributed by atoms with van der Waals surface area (Å²) in [7, 11) is 0. The number of β-amino-alcohol motifs (C(OH)–C–C–N with tert-alkyl or cyclic N) is 1. The van der Waals surface area contributed by atoms with E-state index < -0.39 is 0 Å². The second-order valence-corrected chi connectivity index (χ2v) is 5.19. The summed E-state index contributed by atoms with van der Waals surface area (Å²) in [5.74, 6) is 0.994. The first-order chi connectivity index (χ1) is 8.20. The maximum atomic E-state index is 12.1. The fourth-order valence-electron chi connectivity index (χ4n) is 2.02. The van der Waals surface area contributed by atoms with E-state index in [9.17, 15) is 9.90 Å². The molecule has 0 aromatic heterocycles. The average Bonchev–Trinajstić information content (AvgIpc) is 2.76. The van der Waals surface area contributed by atoms with Gasteiger partial charge >= 0.3 is 0 Å². The van der Waals surface area contributed by atoms with Crippen molar-refractivity contribution in [2.45, 2.75) is 18.3 Å². The monoisotopic (exact) mass is 251 g/mol. The van der Waals surface area contributed by atoms with Crippen LogP contribution in [-0.4, -0.2) is 41.4 Å². The van der Waals surface area contributed by atoms with Crippen LogP contribution < -0.4 is 0 Å². The zero-order chi connectivity index (χ0) is 12.3. The van der Waals surface area contributed by atoms with Crippen molar-refractivity contribution in [2.24, 2.45) is 0 Å². The highest BCUT2D eigenvalue weighted by atomic mass is 32.2. The molecule has 92 valence electrons. The van der Waals surface area contributed by atoms with Crippen LogP contribution in [0.1, 0.15) is 22.3 Å². The van der Waals surface area contributed by atoms with Gasteiger partial charge in [0, 0.05) is 24.4 Å². The van der Waals surface area contributed by atoms with Crippen molar-refractivity contribution in [3.8, 4) is 0 Å². The minimum absolute atomic E-state index is 0.0252. The third-order valence-electron chi connectivity index (χ3n) is 2.96. The molecule has 1 aliphatic heterocycles. The van der Waals surface area contributed by atoms with Crippen molar-refractivity contribution >= 4 is 17.7 Å². The quantitative estimate of drug-likeness (QED) is 0.890. The van der Waals surface area contributed by atoms with Gasteiger partial charge in [-0.05, 0) is 30.4 Å². The highest BCUT2D eigenvalue weighted by molar-refractivity contribution is 7.97. The lowest BCUT2D eigenvalue weighted by molar-refractivity contribution is 0.0765. The first kappa shape index (κ1) is 12.5. The predicted octanol–water partition coefficient (Wildman–Crippen LogP) is 1.76. The first-order valence-electron chi connectivity index (χ1n) is 5.76. The average molecular weight is 251 g/mol. The Hall–Kier alpha value is -1.00. The number of likely N-dealkylation sites (tertiary alicyclic amines) is 1. The van der Waals surface area contributed by atoms with E-state index in [1.54, 1.807) is 16.7 Å². The zero-order valence-corrected chi connectivity index (χ0v) is 10.7. The molecule has 0 aliphatic carbocycles. The normalized spacial score (nSPS) is 19.6. The Kier molecular flexibility index (Phi) is 4.07. The topological polar surface area (TPSA) is 40.5 Å². The number of carbonyl (C=O) groups is 1. The zero-order valence-electron chi connectivity index (χ0n) is 9.93. The van der Waals surface area contributed by atoms with E-state index in [-0.39, 0.29) is 12.0 Å². The van der Waals surface area contributed by atoms with Gasteiger partial charge in [0.1, 0.15) is 0 Å². The summed E-state index contributed by atoms with van der Waals surface area (Å²) in [6.07, 6.45) is 2.40. The Labute approximate surface area is 106 Å². The summed E-state index contributed by atoms with van der Waals surface area (Å²) in [6, 6.07) is 7.74. The van der Waals surface area contributed by atoms with Crippen molar-refractivity contribution < 1.29 is 9.90 Å².